The Balaban J connectivity index is 1.55. The molecule has 0 saturated carbocycles. The molecule has 1 aliphatic heterocycles. The van der Waals surface area contributed by atoms with E-state index in [1.54, 1.807) is 11.8 Å². The van der Waals surface area contributed by atoms with E-state index in [1.165, 1.54) is 12.1 Å². The fraction of sp³-hybridized carbons (Fsp3) is 0.500. The summed E-state index contributed by atoms with van der Waals surface area (Å²) in [5.74, 6) is 0.968. The molecule has 0 fully saturated rings. The summed E-state index contributed by atoms with van der Waals surface area (Å²) < 4.78 is 47.7. The number of hydrogen-bond donors (Lipinski definition) is 1. The first kappa shape index (κ1) is 19.1. The maximum atomic E-state index is 12.3. The number of carbonyl (C=O) groups is 1. The maximum Gasteiger partial charge on any atom is 0.422 e. The number of pyridine rings is 1. The molecule has 0 saturated heterocycles. The lowest BCUT2D eigenvalue weighted by molar-refractivity contribution is -0.153. The molecule has 1 aliphatic rings. The van der Waals surface area contributed by atoms with Crippen LogP contribution in [-0.2, 0) is 24.3 Å². The van der Waals surface area contributed by atoms with Crippen LogP contribution in [0.5, 0.6) is 5.75 Å². The Kier molecular flexibility index (Phi) is 5.59. The van der Waals surface area contributed by atoms with E-state index in [4.69, 9.17) is 4.74 Å². The minimum Gasteiger partial charge on any atom is -0.483 e. The van der Waals surface area contributed by atoms with Crippen molar-refractivity contribution in [1.82, 2.24) is 25.1 Å². The highest BCUT2D eigenvalue weighted by Crippen LogP contribution is 2.18. The number of aromatic nitrogens is 4. The van der Waals surface area contributed by atoms with Crippen LogP contribution in [0.3, 0.4) is 0 Å². The predicted octanol–water partition coefficient (Wildman–Crippen LogP) is 1.51. The second-order valence-corrected chi connectivity index (χ2v) is 6.05. The number of aryl methyl sites for hydroxylation is 1. The lowest BCUT2D eigenvalue weighted by Crippen LogP contribution is -2.41. The van der Waals surface area contributed by atoms with E-state index in [0.29, 0.717) is 31.8 Å². The van der Waals surface area contributed by atoms with Crippen molar-refractivity contribution in [2.45, 2.75) is 38.2 Å². The number of halogens is 3. The van der Waals surface area contributed by atoms with Gasteiger partial charge < -0.3 is 14.8 Å². The van der Waals surface area contributed by atoms with Crippen LogP contribution in [0.1, 0.15) is 28.6 Å². The fourth-order valence-corrected chi connectivity index (χ4v) is 2.69. The minimum absolute atomic E-state index is 0.0560. The third-order valence-corrected chi connectivity index (χ3v) is 3.88. The predicted molar refractivity (Wildman–Crippen MR) is 86.1 cm³/mol. The quantitative estimate of drug-likeness (QED) is 0.811. The largest absolute Gasteiger partial charge is 0.483 e. The van der Waals surface area contributed by atoms with E-state index in [1.807, 2.05) is 0 Å². The van der Waals surface area contributed by atoms with Gasteiger partial charge in [0.15, 0.2) is 12.4 Å². The molecule has 146 valence electrons. The highest BCUT2D eigenvalue weighted by atomic mass is 19.4. The summed E-state index contributed by atoms with van der Waals surface area (Å²) in [5, 5.41) is 7.18. The smallest absolute Gasteiger partial charge is 0.422 e. The summed E-state index contributed by atoms with van der Waals surface area (Å²) in [6.45, 7) is -0.609. The molecule has 0 aliphatic carbocycles. The number of amides is 1. The summed E-state index contributed by atoms with van der Waals surface area (Å²) in [6.07, 6.45) is -1.97. The van der Waals surface area contributed by atoms with Gasteiger partial charge in [-0.2, -0.15) is 18.3 Å². The van der Waals surface area contributed by atoms with Gasteiger partial charge in [-0.25, -0.2) is 14.6 Å². The van der Waals surface area contributed by atoms with Crippen molar-refractivity contribution in [3.8, 4) is 5.75 Å². The van der Waals surface area contributed by atoms with E-state index >= 15 is 0 Å². The van der Waals surface area contributed by atoms with Gasteiger partial charge in [-0.15, -0.1) is 0 Å². The van der Waals surface area contributed by atoms with Crippen LogP contribution in [0.4, 0.5) is 13.2 Å². The number of hydrogen-bond acceptors (Lipinski definition) is 6. The normalized spacial score (nSPS) is 16.7. The zero-order valence-corrected chi connectivity index (χ0v) is 14.5. The summed E-state index contributed by atoms with van der Waals surface area (Å²) >= 11 is 0. The van der Waals surface area contributed by atoms with Crippen LogP contribution in [0.2, 0.25) is 0 Å². The van der Waals surface area contributed by atoms with Crippen LogP contribution < -0.4 is 10.1 Å². The SMILES string of the molecule is COCc1nc2n(n1)CC(NC(=O)c1ccc(OCC(F)(F)F)cn1)CC2. The zero-order chi connectivity index (χ0) is 19.4. The molecule has 0 spiro atoms. The van der Waals surface area contributed by atoms with Crippen LogP contribution in [0.15, 0.2) is 18.3 Å². The first-order valence-corrected chi connectivity index (χ1v) is 8.22. The van der Waals surface area contributed by atoms with Crippen molar-refractivity contribution < 1.29 is 27.4 Å². The third-order valence-electron chi connectivity index (χ3n) is 3.88. The van der Waals surface area contributed by atoms with Crippen LogP contribution in [0, 0.1) is 0 Å². The number of fused-ring (bicyclic) bond motifs is 1. The highest BCUT2D eigenvalue weighted by Gasteiger charge is 2.28. The van der Waals surface area contributed by atoms with Gasteiger partial charge in [0.2, 0.25) is 0 Å². The molecule has 1 atom stereocenters. The maximum absolute atomic E-state index is 12.3. The molecular formula is C16H18F3N5O3. The van der Waals surface area contributed by atoms with Crippen molar-refractivity contribution in [3.05, 3.63) is 35.7 Å². The van der Waals surface area contributed by atoms with Gasteiger partial charge in [-0.3, -0.25) is 4.79 Å². The monoisotopic (exact) mass is 385 g/mol. The minimum atomic E-state index is -4.43. The first-order chi connectivity index (χ1) is 12.8. The molecule has 3 heterocycles. The van der Waals surface area contributed by atoms with Crippen molar-refractivity contribution in [1.29, 1.82) is 0 Å². The standard InChI is InChI=1S/C16H18F3N5O3/c1-26-8-13-22-14-5-2-10(7-24(14)23-13)21-15(25)12-4-3-11(6-20-12)27-9-16(17,18)19/h3-4,6,10H,2,5,7-9H2,1H3,(H,21,25). The number of nitrogens with zero attached hydrogens (tertiary/aromatic N) is 4. The van der Waals surface area contributed by atoms with E-state index in [0.717, 1.165) is 12.0 Å². The highest BCUT2D eigenvalue weighted by molar-refractivity contribution is 5.92. The lowest BCUT2D eigenvalue weighted by atomic mass is 10.1. The molecule has 1 N–H and O–H groups in total. The van der Waals surface area contributed by atoms with Crippen LogP contribution in [0.25, 0.3) is 0 Å². The molecule has 2 aromatic heterocycles. The molecule has 0 bridgehead atoms. The Morgan fingerprint density at radius 1 is 1.41 bits per heavy atom. The van der Waals surface area contributed by atoms with E-state index < -0.39 is 18.7 Å². The Bertz CT molecular complexity index is 792. The van der Waals surface area contributed by atoms with E-state index in [-0.39, 0.29) is 17.5 Å². The zero-order valence-electron chi connectivity index (χ0n) is 14.5. The Hall–Kier alpha value is -2.69. The Labute approximate surface area is 152 Å². The molecule has 27 heavy (non-hydrogen) atoms. The van der Waals surface area contributed by atoms with E-state index in [2.05, 4.69) is 25.1 Å². The van der Waals surface area contributed by atoms with Gasteiger partial charge in [0.25, 0.3) is 5.91 Å². The molecule has 8 nitrogen and oxygen atoms in total. The number of methoxy groups -OCH3 is 1. The molecule has 0 aromatic carbocycles. The number of carbonyl (C=O) groups excluding carboxylic acids is 1. The van der Waals surface area contributed by atoms with Crippen molar-refractivity contribution in [2.24, 2.45) is 0 Å². The number of rotatable bonds is 6. The number of alkyl halides is 3. The molecule has 3 rings (SSSR count). The lowest BCUT2D eigenvalue weighted by Gasteiger charge is -2.23. The third kappa shape index (κ3) is 5.16. The van der Waals surface area contributed by atoms with Crippen LogP contribution >= 0.6 is 0 Å². The van der Waals surface area contributed by atoms with E-state index in [9.17, 15) is 18.0 Å². The van der Waals surface area contributed by atoms with Gasteiger partial charge in [0, 0.05) is 19.6 Å². The molecule has 1 amide bonds. The van der Waals surface area contributed by atoms with Crippen LogP contribution in [-0.4, -0.2) is 51.6 Å². The average Bonchev–Trinajstić information content (AvgIpc) is 3.02. The topological polar surface area (TPSA) is 91.2 Å². The Morgan fingerprint density at radius 2 is 2.22 bits per heavy atom. The second-order valence-electron chi connectivity index (χ2n) is 6.05. The first-order valence-electron chi connectivity index (χ1n) is 8.22. The Morgan fingerprint density at radius 3 is 2.89 bits per heavy atom. The average molecular weight is 385 g/mol. The molecule has 11 heteroatoms. The second kappa shape index (κ2) is 7.91. The number of ether oxygens (including phenoxy) is 2. The molecule has 0 radical (unpaired) electrons. The molecule has 1 unspecified atom stereocenters. The van der Waals surface area contributed by atoms with Crippen molar-refractivity contribution in [2.75, 3.05) is 13.7 Å². The van der Waals surface area contributed by atoms with Crippen molar-refractivity contribution in [3.63, 3.8) is 0 Å². The number of nitrogens with one attached hydrogen (secondary N) is 1. The summed E-state index contributed by atoms with van der Waals surface area (Å²) in [5.41, 5.74) is 0.0961. The molecular weight excluding hydrogens is 367 g/mol. The van der Waals surface area contributed by atoms with Gasteiger partial charge in [-0.05, 0) is 18.6 Å². The van der Waals surface area contributed by atoms with Gasteiger partial charge in [0.05, 0.1) is 12.7 Å². The summed E-state index contributed by atoms with van der Waals surface area (Å²) in [4.78, 5) is 20.5. The van der Waals surface area contributed by atoms with Gasteiger partial charge in [-0.1, -0.05) is 0 Å². The van der Waals surface area contributed by atoms with Crippen molar-refractivity contribution >= 4 is 5.91 Å². The van der Waals surface area contributed by atoms with Gasteiger partial charge >= 0.3 is 6.18 Å². The summed E-state index contributed by atoms with van der Waals surface area (Å²) in [6, 6.07) is 2.45. The fourth-order valence-electron chi connectivity index (χ4n) is 2.69. The van der Waals surface area contributed by atoms with Gasteiger partial charge in [0.1, 0.15) is 23.9 Å². The summed E-state index contributed by atoms with van der Waals surface area (Å²) in [7, 11) is 1.56. The molecule has 2 aromatic rings.